The van der Waals surface area contributed by atoms with Crippen LogP contribution in [0.3, 0.4) is 0 Å². The van der Waals surface area contributed by atoms with Crippen LogP contribution in [-0.4, -0.2) is 75.3 Å². The Kier molecular flexibility index (Phi) is 5.41. The molecule has 0 amide bonds. The molecule has 0 aromatic carbocycles. The zero-order chi connectivity index (χ0) is 26.7. The Balaban J connectivity index is 1.50. The maximum absolute atomic E-state index is 14.2. The number of esters is 1. The Labute approximate surface area is 213 Å². The second-order valence-electron chi connectivity index (χ2n) is 12.3. The third kappa shape index (κ3) is 2.91. The quantitative estimate of drug-likeness (QED) is 0.407. The molecule has 10 nitrogen and oxygen atoms in total. The van der Waals surface area contributed by atoms with Crippen molar-refractivity contribution in [2.75, 3.05) is 6.61 Å². The van der Waals surface area contributed by atoms with Gasteiger partial charge in [-0.3, -0.25) is 14.4 Å². The summed E-state index contributed by atoms with van der Waals surface area (Å²) in [4.78, 5) is 39.7. The molecule has 0 unspecified atom stereocenters. The number of rotatable bonds is 2. The van der Waals surface area contributed by atoms with Gasteiger partial charge in [-0.2, -0.15) is 0 Å². The summed E-state index contributed by atoms with van der Waals surface area (Å²) in [5, 5.41) is 45.9. The molecule has 2 heterocycles. The zero-order valence-electron chi connectivity index (χ0n) is 21.1. The van der Waals surface area contributed by atoms with E-state index in [9.17, 15) is 34.8 Å². The lowest BCUT2D eigenvalue weighted by atomic mass is 9.35. The number of ketones is 2. The van der Waals surface area contributed by atoms with Gasteiger partial charge in [0.15, 0.2) is 12.1 Å². The minimum atomic E-state index is -1.49. The first-order valence-corrected chi connectivity index (χ1v) is 13.0. The van der Waals surface area contributed by atoms with E-state index in [2.05, 4.69) is 0 Å². The average Bonchev–Trinajstić information content (AvgIpc) is 3.48. The van der Waals surface area contributed by atoms with Crippen LogP contribution >= 0.6 is 0 Å². The molecule has 13 atom stereocenters. The van der Waals surface area contributed by atoms with E-state index in [1.165, 1.54) is 19.5 Å². The summed E-state index contributed by atoms with van der Waals surface area (Å²) >= 11 is 0. The number of ether oxygens (including phenoxy) is 2. The van der Waals surface area contributed by atoms with Crippen LogP contribution in [0.4, 0.5) is 0 Å². The number of furan rings is 1. The number of aliphatic hydroxyl groups excluding tert-OH is 4. The van der Waals surface area contributed by atoms with Gasteiger partial charge < -0.3 is 34.3 Å². The van der Waals surface area contributed by atoms with E-state index >= 15 is 0 Å². The number of aliphatic hydroxyl groups is 4. The first kappa shape index (κ1) is 25.2. The monoisotopic (exact) mass is 518 g/mol. The topological polar surface area (TPSA) is 164 Å². The summed E-state index contributed by atoms with van der Waals surface area (Å²) in [5.41, 5.74) is -3.09. The van der Waals surface area contributed by atoms with Crippen molar-refractivity contribution in [1.82, 2.24) is 0 Å². The largest absolute Gasteiger partial charge is 0.472 e. The SMILES string of the molecule is CC(=O)O[C@@H]1C[C@H](O)[C@@]23CO[C@@H](O)[C@@]1(C)[C@@H]2C[C@@H](O)[C@@]1(C)[C@@H]2C(=O)C[C@@H](c4ccoc4)[C@@H]2[C@@H](O)C(=O)[C@@H]13. The van der Waals surface area contributed by atoms with E-state index < -0.39 is 88.3 Å². The Morgan fingerprint density at radius 3 is 2.46 bits per heavy atom. The predicted octanol–water partition coefficient (Wildman–Crippen LogP) is 0.553. The van der Waals surface area contributed by atoms with Crippen molar-refractivity contribution < 1.29 is 48.7 Å². The molecular formula is C27H34O10. The molecule has 4 saturated carbocycles. The van der Waals surface area contributed by atoms with Gasteiger partial charge in [0, 0.05) is 54.3 Å². The van der Waals surface area contributed by atoms with Gasteiger partial charge in [-0.15, -0.1) is 0 Å². The van der Waals surface area contributed by atoms with Crippen LogP contribution in [0.15, 0.2) is 23.0 Å². The Bertz CT molecular complexity index is 1130. The fourth-order valence-electron chi connectivity index (χ4n) is 9.45. The number of Topliss-reactive ketones (excluding diaryl/α,β-unsaturated/α-hetero) is 2. The smallest absolute Gasteiger partial charge is 0.302 e. The molecule has 2 bridgehead atoms. The van der Waals surface area contributed by atoms with Gasteiger partial charge in [-0.25, -0.2) is 0 Å². The van der Waals surface area contributed by atoms with Gasteiger partial charge in [0.25, 0.3) is 0 Å². The molecule has 1 aliphatic heterocycles. The van der Waals surface area contributed by atoms with Gasteiger partial charge in [-0.1, -0.05) is 13.8 Å². The van der Waals surface area contributed by atoms with Crippen molar-refractivity contribution in [3.05, 3.63) is 24.2 Å². The van der Waals surface area contributed by atoms with Crippen LogP contribution in [0.5, 0.6) is 0 Å². The third-order valence-electron chi connectivity index (χ3n) is 11.0. The van der Waals surface area contributed by atoms with E-state index in [1.54, 1.807) is 19.9 Å². The average molecular weight is 519 g/mol. The number of hydrogen-bond acceptors (Lipinski definition) is 10. The molecule has 1 aromatic rings. The minimum Gasteiger partial charge on any atom is -0.472 e. The molecule has 6 rings (SSSR count). The van der Waals surface area contributed by atoms with Crippen LogP contribution in [0, 0.1) is 39.9 Å². The van der Waals surface area contributed by atoms with Crippen molar-refractivity contribution >= 4 is 17.5 Å². The lowest BCUT2D eigenvalue weighted by molar-refractivity contribution is -0.369. The molecule has 10 heteroatoms. The number of carbonyl (C=O) groups is 3. The first-order chi connectivity index (χ1) is 17.4. The lowest BCUT2D eigenvalue weighted by Gasteiger charge is -2.71. The number of carbonyl (C=O) groups excluding carboxylic acids is 3. The van der Waals surface area contributed by atoms with E-state index in [0.29, 0.717) is 0 Å². The molecule has 1 aromatic heterocycles. The molecule has 5 fully saturated rings. The second kappa shape index (κ2) is 7.95. The number of hydrogen-bond donors (Lipinski definition) is 4. The third-order valence-corrected chi connectivity index (χ3v) is 11.0. The molecular weight excluding hydrogens is 484 g/mol. The highest BCUT2D eigenvalue weighted by atomic mass is 16.6. The predicted molar refractivity (Wildman–Crippen MR) is 123 cm³/mol. The molecule has 0 spiro atoms. The molecule has 0 radical (unpaired) electrons. The second-order valence-corrected chi connectivity index (χ2v) is 12.3. The molecule has 4 aliphatic carbocycles. The lowest BCUT2D eigenvalue weighted by Crippen LogP contribution is -2.79. The van der Waals surface area contributed by atoms with Gasteiger partial charge in [0.05, 0.1) is 36.8 Å². The molecule has 37 heavy (non-hydrogen) atoms. The fourth-order valence-corrected chi connectivity index (χ4v) is 9.45. The molecule has 1 saturated heterocycles. The van der Waals surface area contributed by atoms with E-state index in [0.717, 1.165) is 5.56 Å². The van der Waals surface area contributed by atoms with Crippen LogP contribution in [0.2, 0.25) is 0 Å². The summed E-state index contributed by atoms with van der Waals surface area (Å²) in [6.45, 7) is 4.46. The highest BCUT2D eigenvalue weighted by Gasteiger charge is 2.79. The highest BCUT2D eigenvalue weighted by Crippen LogP contribution is 2.72. The molecule has 4 N–H and O–H groups in total. The fraction of sp³-hybridized carbons (Fsp3) is 0.741. The standard InChI is InChI=1S/C27H34O10/c1-11(28)37-18-8-17(31)27-10-36-24(34)25(18,2)15(27)7-16(30)26(3)20-14(29)6-13(12-4-5-35-9-12)19(20)21(32)22(33)23(26)27/h4-5,9,13,15-21,23-24,30-32,34H,6-8,10H2,1-3H3/t13-,15-,16+,17-,18+,19-,20+,21+,23-,24+,25-,26-,27+/m0/s1. The summed E-state index contributed by atoms with van der Waals surface area (Å²) in [7, 11) is 0. The Morgan fingerprint density at radius 1 is 1.08 bits per heavy atom. The van der Waals surface area contributed by atoms with Gasteiger partial charge in [0.1, 0.15) is 18.0 Å². The maximum atomic E-state index is 14.2. The van der Waals surface area contributed by atoms with Crippen molar-refractivity contribution in [2.45, 2.75) is 76.7 Å². The van der Waals surface area contributed by atoms with Crippen molar-refractivity contribution in [3.63, 3.8) is 0 Å². The highest BCUT2D eigenvalue weighted by molar-refractivity contribution is 5.95. The van der Waals surface area contributed by atoms with Gasteiger partial charge >= 0.3 is 5.97 Å². The van der Waals surface area contributed by atoms with E-state index in [4.69, 9.17) is 13.9 Å². The van der Waals surface area contributed by atoms with Gasteiger partial charge in [0.2, 0.25) is 0 Å². The van der Waals surface area contributed by atoms with Crippen LogP contribution in [-0.2, 0) is 23.9 Å². The van der Waals surface area contributed by atoms with Gasteiger partial charge in [-0.05, 0) is 24.0 Å². The van der Waals surface area contributed by atoms with Crippen molar-refractivity contribution in [1.29, 1.82) is 0 Å². The minimum absolute atomic E-state index is 0.0429. The van der Waals surface area contributed by atoms with E-state index in [-0.39, 0.29) is 31.7 Å². The van der Waals surface area contributed by atoms with E-state index in [1.807, 2.05) is 0 Å². The molecule has 202 valence electrons. The Morgan fingerprint density at radius 2 is 1.81 bits per heavy atom. The number of fused-ring (bicyclic) bond motifs is 3. The summed E-state index contributed by atoms with van der Waals surface area (Å²) in [5.74, 6) is -5.07. The zero-order valence-corrected chi connectivity index (χ0v) is 21.1. The van der Waals surface area contributed by atoms with Crippen molar-refractivity contribution in [3.8, 4) is 0 Å². The van der Waals surface area contributed by atoms with Crippen molar-refractivity contribution in [2.24, 2.45) is 39.9 Å². The van der Waals surface area contributed by atoms with Crippen LogP contribution in [0.1, 0.15) is 51.5 Å². The van der Waals surface area contributed by atoms with Crippen LogP contribution < -0.4 is 0 Å². The summed E-state index contributed by atoms with van der Waals surface area (Å²) in [6.07, 6.45) is -3.01. The first-order valence-electron chi connectivity index (χ1n) is 13.0. The summed E-state index contributed by atoms with van der Waals surface area (Å²) < 4.78 is 16.6. The molecule has 5 aliphatic rings. The van der Waals surface area contributed by atoms with Crippen LogP contribution in [0.25, 0.3) is 0 Å². The summed E-state index contributed by atoms with van der Waals surface area (Å²) in [6, 6.07) is 1.72. The Hall–Kier alpha value is -2.11. The normalized spacial score (nSPS) is 52.7. The maximum Gasteiger partial charge on any atom is 0.302 e.